The number of aliphatic carboxylic acids is 1. The number of aromatic nitrogens is 2. The summed E-state index contributed by atoms with van der Waals surface area (Å²) >= 11 is 0. The van der Waals surface area contributed by atoms with Crippen molar-refractivity contribution in [2.24, 2.45) is 0 Å². The number of carbonyl (C=O) groups excluding carboxylic acids is 1. The van der Waals surface area contributed by atoms with Gasteiger partial charge in [0.05, 0.1) is 11.0 Å². The number of carboxylic acid groups (broad SMARTS) is 1. The Morgan fingerprint density at radius 1 is 1.07 bits per heavy atom. The van der Waals surface area contributed by atoms with Crippen LogP contribution in [0.4, 0.5) is 0 Å². The predicted molar refractivity (Wildman–Crippen MR) is 107 cm³/mol. The molecule has 0 saturated carbocycles. The fourth-order valence-electron chi connectivity index (χ4n) is 3.79. The van der Waals surface area contributed by atoms with Crippen molar-refractivity contribution in [3.63, 3.8) is 0 Å². The van der Waals surface area contributed by atoms with Crippen LogP contribution < -0.4 is 4.74 Å². The molecule has 3 aromatic rings. The number of nitrogens with zero attached hydrogens (tertiary/aromatic N) is 3. The molecule has 7 nitrogen and oxygen atoms in total. The van der Waals surface area contributed by atoms with E-state index in [9.17, 15) is 14.7 Å². The fraction of sp³-hybridized carbons (Fsp3) is 0.318. The first kappa shape index (κ1) is 19.0. The van der Waals surface area contributed by atoms with E-state index >= 15 is 0 Å². The Bertz CT molecular complexity index is 1020. The van der Waals surface area contributed by atoms with Crippen LogP contribution in [0.3, 0.4) is 0 Å². The van der Waals surface area contributed by atoms with Crippen LogP contribution in [0.5, 0.6) is 5.75 Å². The molecule has 7 heteroatoms. The maximum atomic E-state index is 13.0. The highest BCUT2D eigenvalue weighted by atomic mass is 16.5. The first-order valence-electron chi connectivity index (χ1n) is 9.78. The van der Waals surface area contributed by atoms with E-state index in [1.165, 1.54) is 4.90 Å². The second-order valence-electron chi connectivity index (χ2n) is 7.14. The fourth-order valence-corrected chi connectivity index (χ4v) is 3.79. The minimum Gasteiger partial charge on any atom is -0.486 e. The van der Waals surface area contributed by atoms with Gasteiger partial charge in [0, 0.05) is 6.54 Å². The molecule has 0 spiro atoms. The van der Waals surface area contributed by atoms with Crippen molar-refractivity contribution >= 4 is 22.9 Å². The summed E-state index contributed by atoms with van der Waals surface area (Å²) in [6.45, 7) is 0.727. The van der Waals surface area contributed by atoms with E-state index in [2.05, 4.69) is 4.98 Å². The molecule has 4 rings (SSSR count). The van der Waals surface area contributed by atoms with E-state index in [1.54, 1.807) is 0 Å². The van der Waals surface area contributed by atoms with Gasteiger partial charge in [-0.25, -0.2) is 9.78 Å². The quantitative estimate of drug-likeness (QED) is 0.696. The van der Waals surface area contributed by atoms with Crippen LogP contribution in [-0.2, 0) is 22.7 Å². The van der Waals surface area contributed by atoms with Crippen LogP contribution in [0.2, 0.25) is 0 Å². The third-order valence-electron chi connectivity index (χ3n) is 5.25. The van der Waals surface area contributed by atoms with Gasteiger partial charge in [0.2, 0.25) is 5.91 Å². The number of likely N-dealkylation sites (tertiary alicyclic amines) is 1. The van der Waals surface area contributed by atoms with Gasteiger partial charge >= 0.3 is 5.97 Å². The van der Waals surface area contributed by atoms with Crippen molar-refractivity contribution in [2.45, 2.75) is 38.5 Å². The number of benzene rings is 2. The van der Waals surface area contributed by atoms with E-state index in [1.807, 2.05) is 59.2 Å². The minimum absolute atomic E-state index is 0.0395. The molecule has 1 atom stereocenters. The summed E-state index contributed by atoms with van der Waals surface area (Å²) < 4.78 is 7.67. The predicted octanol–water partition coefficient (Wildman–Crippen LogP) is 3.08. The molecule has 1 saturated heterocycles. The summed E-state index contributed by atoms with van der Waals surface area (Å²) in [5.74, 6) is 0.203. The number of ether oxygens (including phenoxy) is 1. The van der Waals surface area contributed by atoms with Gasteiger partial charge in [0.15, 0.2) is 0 Å². The summed E-state index contributed by atoms with van der Waals surface area (Å²) in [5, 5.41) is 9.49. The van der Waals surface area contributed by atoms with Crippen molar-refractivity contribution in [2.75, 3.05) is 6.54 Å². The van der Waals surface area contributed by atoms with Crippen molar-refractivity contribution < 1.29 is 19.4 Å². The number of hydrogen-bond donors (Lipinski definition) is 1. The Hall–Kier alpha value is -3.35. The highest BCUT2D eigenvalue weighted by Gasteiger charge is 2.32. The Kier molecular flexibility index (Phi) is 5.46. The molecule has 29 heavy (non-hydrogen) atoms. The van der Waals surface area contributed by atoms with Gasteiger partial charge in [-0.05, 0) is 43.5 Å². The summed E-state index contributed by atoms with van der Waals surface area (Å²) in [6, 6.07) is 16.3. The SMILES string of the molecule is O=C(O)[C@H]1CCCCN1C(=O)Cn1c(COc2ccccc2)nc2ccccc21. The second-order valence-corrected chi connectivity index (χ2v) is 7.14. The lowest BCUT2D eigenvalue weighted by Crippen LogP contribution is -2.49. The molecule has 1 fully saturated rings. The Morgan fingerprint density at radius 3 is 2.62 bits per heavy atom. The van der Waals surface area contributed by atoms with E-state index < -0.39 is 12.0 Å². The summed E-state index contributed by atoms with van der Waals surface area (Å²) in [6.07, 6.45) is 2.14. The number of piperidine rings is 1. The zero-order valence-electron chi connectivity index (χ0n) is 16.0. The van der Waals surface area contributed by atoms with Gasteiger partial charge in [0.25, 0.3) is 0 Å². The highest BCUT2D eigenvalue weighted by molar-refractivity contribution is 5.85. The highest BCUT2D eigenvalue weighted by Crippen LogP contribution is 2.21. The number of para-hydroxylation sites is 3. The minimum atomic E-state index is -0.943. The Morgan fingerprint density at radius 2 is 1.83 bits per heavy atom. The molecule has 0 aliphatic carbocycles. The average Bonchev–Trinajstić information content (AvgIpc) is 3.10. The summed E-state index contributed by atoms with van der Waals surface area (Å²) in [5.41, 5.74) is 1.61. The molecule has 1 amide bonds. The van der Waals surface area contributed by atoms with Gasteiger partial charge in [-0.3, -0.25) is 4.79 Å². The number of imidazole rings is 1. The number of carbonyl (C=O) groups is 2. The molecule has 1 N–H and O–H groups in total. The number of fused-ring (bicyclic) bond motifs is 1. The normalized spacial score (nSPS) is 16.7. The van der Waals surface area contributed by atoms with Crippen molar-refractivity contribution in [1.29, 1.82) is 0 Å². The lowest BCUT2D eigenvalue weighted by Gasteiger charge is -2.33. The molecule has 1 aromatic heterocycles. The first-order valence-corrected chi connectivity index (χ1v) is 9.78. The maximum absolute atomic E-state index is 13.0. The molecule has 0 unspecified atom stereocenters. The van der Waals surface area contributed by atoms with Gasteiger partial charge in [-0.2, -0.15) is 0 Å². The third-order valence-corrected chi connectivity index (χ3v) is 5.25. The molecule has 2 aromatic carbocycles. The van der Waals surface area contributed by atoms with Gasteiger partial charge in [-0.15, -0.1) is 0 Å². The standard InChI is InChI=1S/C22H23N3O4/c26-21(24-13-7-6-12-19(24)22(27)28)14-25-18-11-5-4-10-17(18)23-20(25)15-29-16-8-2-1-3-9-16/h1-5,8-11,19H,6-7,12-15H2,(H,27,28)/t19-/m1/s1. The monoisotopic (exact) mass is 393 g/mol. The van der Waals surface area contributed by atoms with E-state index in [-0.39, 0.29) is 19.1 Å². The third kappa shape index (κ3) is 4.08. The lowest BCUT2D eigenvalue weighted by atomic mass is 10.0. The van der Waals surface area contributed by atoms with Gasteiger partial charge < -0.3 is 19.3 Å². The van der Waals surface area contributed by atoms with E-state index in [0.29, 0.717) is 18.8 Å². The zero-order chi connectivity index (χ0) is 20.2. The van der Waals surface area contributed by atoms with Crippen LogP contribution in [0.15, 0.2) is 54.6 Å². The number of carboxylic acids is 1. The maximum Gasteiger partial charge on any atom is 0.326 e. The van der Waals surface area contributed by atoms with Crippen LogP contribution >= 0.6 is 0 Å². The lowest BCUT2D eigenvalue weighted by molar-refractivity contribution is -0.152. The number of hydrogen-bond acceptors (Lipinski definition) is 4. The van der Waals surface area contributed by atoms with Crippen LogP contribution in [0, 0.1) is 0 Å². The smallest absolute Gasteiger partial charge is 0.326 e. The van der Waals surface area contributed by atoms with E-state index in [0.717, 1.165) is 29.6 Å². The van der Waals surface area contributed by atoms with Gasteiger partial charge in [-0.1, -0.05) is 30.3 Å². The van der Waals surface area contributed by atoms with Crippen molar-refractivity contribution in [1.82, 2.24) is 14.5 Å². The van der Waals surface area contributed by atoms with E-state index in [4.69, 9.17) is 4.74 Å². The van der Waals surface area contributed by atoms with Crippen LogP contribution in [0.1, 0.15) is 25.1 Å². The van der Waals surface area contributed by atoms with Crippen molar-refractivity contribution in [3.05, 3.63) is 60.4 Å². The summed E-state index contributed by atoms with van der Waals surface area (Å²) in [7, 11) is 0. The molecule has 1 aliphatic rings. The molecular formula is C22H23N3O4. The van der Waals surface area contributed by atoms with Gasteiger partial charge in [0.1, 0.15) is 30.8 Å². The average molecular weight is 393 g/mol. The molecule has 2 heterocycles. The molecule has 0 radical (unpaired) electrons. The number of rotatable bonds is 6. The first-order chi connectivity index (χ1) is 14.1. The van der Waals surface area contributed by atoms with Crippen LogP contribution in [-0.4, -0.2) is 44.0 Å². The van der Waals surface area contributed by atoms with Crippen molar-refractivity contribution in [3.8, 4) is 5.75 Å². The zero-order valence-corrected chi connectivity index (χ0v) is 16.0. The molecule has 1 aliphatic heterocycles. The molecule has 0 bridgehead atoms. The number of amides is 1. The largest absolute Gasteiger partial charge is 0.486 e. The molecule has 150 valence electrons. The Labute approximate surface area is 168 Å². The summed E-state index contributed by atoms with van der Waals surface area (Å²) in [4.78, 5) is 30.7. The Balaban J connectivity index is 1.59. The topological polar surface area (TPSA) is 84.7 Å². The van der Waals surface area contributed by atoms with Crippen LogP contribution in [0.25, 0.3) is 11.0 Å². The second kappa shape index (κ2) is 8.34. The molecular weight excluding hydrogens is 370 g/mol.